The van der Waals surface area contributed by atoms with Gasteiger partial charge in [-0.05, 0) is 31.0 Å². The Bertz CT molecular complexity index is 634. The van der Waals surface area contributed by atoms with Gasteiger partial charge in [-0.3, -0.25) is 4.79 Å². The van der Waals surface area contributed by atoms with Gasteiger partial charge < -0.3 is 9.30 Å². The summed E-state index contributed by atoms with van der Waals surface area (Å²) in [5.74, 6) is 0.339. The molecular weight excluding hydrogens is 320 g/mol. The van der Waals surface area contributed by atoms with Gasteiger partial charge >= 0.3 is 5.97 Å². The van der Waals surface area contributed by atoms with Crippen molar-refractivity contribution in [1.29, 1.82) is 0 Å². The van der Waals surface area contributed by atoms with Crippen LogP contribution in [0.25, 0.3) is 11.0 Å². The highest BCUT2D eigenvalue weighted by atomic mass is 79.9. The van der Waals surface area contributed by atoms with E-state index in [1.165, 1.54) is 0 Å². The van der Waals surface area contributed by atoms with Crippen molar-refractivity contribution in [2.45, 2.75) is 26.7 Å². The molecule has 1 atom stereocenters. The molecule has 4 nitrogen and oxygen atoms in total. The van der Waals surface area contributed by atoms with Crippen molar-refractivity contribution in [3.8, 4) is 0 Å². The second-order valence-corrected chi connectivity index (χ2v) is 6.05. The second-order valence-electron chi connectivity index (χ2n) is 5.14. The number of aromatic nitrogens is 2. The number of carbonyl (C=O) groups is 1. The molecule has 1 aromatic heterocycles. The molecule has 20 heavy (non-hydrogen) atoms. The zero-order chi connectivity index (χ0) is 14.9. The van der Waals surface area contributed by atoms with Gasteiger partial charge in [0.05, 0.1) is 17.6 Å². The van der Waals surface area contributed by atoms with Gasteiger partial charge in [0.25, 0.3) is 0 Å². The number of ether oxygens (including phenoxy) is 1. The van der Waals surface area contributed by atoms with Gasteiger partial charge in [-0.2, -0.15) is 0 Å². The first kappa shape index (κ1) is 15.0. The number of fused-ring (bicyclic) bond motifs is 1. The van der Waals surface area contributed by atoms with E-state index in [1.807, 2.05) is 50.6 Å². The van der Waals surface area contributed by atoms with E-state index in [0.29, 0.717) is 6.61 Å². The molecule has 0 radical (unpaired) electrons. The highest BCUT2D eigenvalue weighted by Crippen LogP contribution is 2.29. The van der Waals surface area contributed by atoms with Crippen molar-refractivity contribution in [3.63, 3.8) is 0 Å². The van der Waals surface area contributed by atoms with Crippen molar-refractivity contribution >= 4 is 32.9 Å². The Morgan fingerprint density at radius 3 is 2.75 bits per heavy atom. The molecule has 0 spiro atoms. The number of benzene rings is 1. The summed E-state index contributed by atoms with van der Waals surface area (Å²) in [5, 5.41) is 0. The average molecular weight is 339 g/mol. The molecule has 108 valence electrons. The van der Waals surface area contributed by atoms with E-state index < -0.39 is 0 Å². The second kappa shape index (κ2) is 5.95. The Kier molecular flexibility index (Phi) is 4.48. The molecule has 1 unspecified atom stereocenters. The molecule has 2 rings (SSSR count). The van der Waals surface area contributed by atoms with Gasteiger partial charge in [-0.1, -0.05) is 29.8 Å². The van der Waals surface area contributed by atoms with E-state index in [1.54, 1.807) is 0 Å². The molecule has 0 fully saturated rings. The maximum Gasteiger partial charge on any atom is 0.316 e. The van der Waals surface area contributed by atoms with Crippen LogP contribution in [0.5, 0.6) is 0 Å². The number of hydrogen-bond acceptors (Lipinski definition) is 3. The molecule has 0 saturated heterocycles. The zero-order valence-corrected chi connectivity index (χ0v) is 13.8. The molecule has 0 aliphatic carbocycles. The monoisotopic (exact) mass is 338 g/mol. The summed E-state index contributed by atoms with van der Waals surface area (Å²) in [6, 6.07) is 5.93. The van der Waals surface area contributed by atoms with Crippen LogP contribution in [0.3, 0.4) is 0 Å². The van der Waals surface area contributed by atoms with Gasteiger partial charge in [-0.25, -0.2) is 4.98 Å². The van der Waals surface area contributed by atoms with Crippen LogP contribution >= 0.6 is 15.9 Å². The predicted octanol–water partition coefficient (Wildman–Crippen LogP) is 3.64. The van der Waals surface area contributed by atoms with E-state index in [-0.39, 0.29) is 17.8 Å². The minimum absolute atomic E-state index is 0.132. The minimum atomic E-state index is -0.342. The molecule has 2 aromatic rings. The summed E-state index contributed by atoms with van der Waals surface area (Å²) in [6.07, 6.45) is 0. The van der Waals surface area contributed by atoms with E-state index >= 15 is 0 Å². The van der Waals surface area contributed by atoms with E-state index in [9.17, 15) is 4.79 Å². The lowest BCUT2D eigenvalue weighted by Gasteiger charge is -2.18. The highest BCUT2D eigenvalue weighted by Gasteiger charge is 2.30. The van der Waals surface area contributed by atoms with Crippen molar-refractivity contribution in [2.24, 2.45) is 13.0 Å². The van der Waals surface area contributed by atoms with Gasteiger partial charge in [-0.15, -0.1) is 0 Å². The number of nitrogens with zero attached hydrogens (tertiary/aromatic N) is 2. The summed E-state index contributed by atoms with van der Waals surface area (Å²) in [4.78, 5) is 16.8. The molecule has 1 heterocycles. The molecule has 0 saturated carbocycles. The average Bonchev–Trinajstić information content (AvgIpc) is 2.66. The number of imidazole rings is 1. The van der Waals surface area contributed by atoms with Gasteiger partial charge in [0.1, 0.15) is 11.7 Å². The molecule has 1 aromatic carbocycles. The molecule has 0 bridgehead atoms. The molecule has 0 amide bonds. The fraction of sp³-hybridized carbons (Fsp3) is 0.467. The lowest BCUT2D eigenvalue weighted by Crippen LogP contribution is -2.23. The summed E-state index contributed by atoms with van der Waals surface area (Å²) >= 11 is 3.45. The standard InChI is InChI=1S/C15H19BrN2O2/c1-5-20-15(19)13(9(2)3)14-17-11-8-10(16)6-7-12(11)18(14)4/h6-9,13H,5H2,1-4H3. The van der Waals surface area contributed by atoms with Crippen molar-refractivity contribution < 1.29 is 9.53 Å². The van der Waals surface area contributed by atoms with Crippen LogP contribution < -0.4 is 0 Å². The number of aryl methyl sites for hydroxylation is 1. The van der Waals surface area contributed by atoms with Crippen LogP contribution in [0.2, 0.25) is 0 Å². The minimum Gasteiger partial charge on any atom is -0.465 e. The van der Waals surface area contributed by atoms with Crippen LogP contribution in [0.4, 0.5) is 0 Å². The fourth-order valence-electron chi connectivity index (χ4n) is 2.38. The molecule has 0 N–H and O–H groups in total. The highest BCUT2D eigenvalue weighted by molar-refractivity contribution is 9.10. The maximum absolute atomic E-state index is 12.2. The van der Waals surface area contributed by atoms with Crippen LogP contribution in [0, 0.1) is 5.92 Å². The number of esters is 1. The van der Waals surface area contributed by atoms with Crippen molar-refractivity contribution in [2.75, 3.05) is 6.61 Å². The summed E-state index contributed by atoms with van der Waals surface area (Å²) in [6.45, 7) is 6.23. The SMILES string of the molecule is CCOC(=O)C(c1nc2cc(Br)ccc2n1C)C(C)C. The van der Waals surface area contributed by atoms with E-state index in [4.69, 9.17) is 4.74 Å². The van der Waals surface area contributed by atoms with E-state index in [0.717, 1.165) is 21.3 Å². The van der Waals surface area contributed by atoms with Crippen LogP contribution in [-0.4, -0.2) is 22.1 Å². The first-order valence-electron chi connectivity index (χ1n) is 6.74. The molecule has 5 heteroatoms. The van der Waals surface area contributed by atoms with Gasteiger partial charge in [0, 0.05) is 11.5 Å². The maximum atomic E-state index is 12.2. The van der Waals surface area contributed by atoms with Gasteiger partial charge in [0.2, 0.25) is 0 Å². The summed E-state index contributed by atoms with van der Waals surface area (Å²) in [7, 11) is 1.94. The Morgan fingerprint density at radius 1 is 1.45 bits per heavy atom. The van der Waals surface area contributed by atoms with Crippen LogP contribution in [-0.2, 0) is 16.6 Å². The number of carbonyl (C=O) groups excluding carboxylic acids is 1. The summed E-state index contributed by atoms with van der Waals surface area (Å²) < 4.78 is 8.15. The van der Waals surface area contributed by atoms with Crippen LogP contribution in [0.1, 0.15) is 32.5 Å². The molecule has 0 aliphatic rings. The number of rotatable bonds is 4. The summed E-state index contributed by atoms with van der Waals surface area (Å²) in [5.41, 5.74) is 1.89. The van der Waals surface area contributed by atoms with Gasteiger partial charge in [0.15, 0.2) is 0 Å². The number of hydrogen-bond donors (Lipinski definition) is 0. The lowest BCUT2D eigenvalue weighted by molar-refractivity contribution is -0.146. The lowest BCUT2D eigenvalue weighted by atomic mass is 9.95. The van der Waals surface area contributed by atoms with E-state index in [2.05, 4.69) is 20.9 Å². The third-order valence-corrected chi connectivity index (χ3v) is 3.86. The topological polar surface area (TPSA) is 44.1 Å². The van der Waals surface area contributed by atoms with Crippen molar-refractivity contribution in [1.82, 2.24) is 9.55 Å². The molecule has 0 aliphatic heterocycles. The van der Waals surface area contributed by atoms with Crippen LogP contribution in [0.15, 0.2) is 22.7 Å². The van der Waals surface area contributed by atoms with Crippen molar-refractivity contribution in [3.05, 3.63) is 28.5 Å². The Morgan fingerprint density at radius 2 is 2.15 bits per heavy atom. The largest absolute Gasteiger partial charge is 0.465 e. The number of halogens is 1. The third-order valence-electron chi connectivity index (χ3n) is 3.36. The smallest absolute Gasteiger partial charge is 0.316 e. The quantitative estimate of drug-likeness (QED) is 0.799. The Hall–Kier alpha value is -1.36. The predicted molar refractivity (Wildman–Crippen MR) is 82.6 cm³/mol. The first-order valence-corrected chi connectivity index (χ1v) is 7.53. The third kappa shape index (κ3) is 2.73. The molecular formula is C15H19BrN2O2. The normalized spacial score (nSPS) is 12.9. The Labute approximate surface area is 127 Å². The zero-order valence-electron chi connectivity index (χ0n) is 12.2. The fourth-order valence-corrected chi connectivity index (χ4v) is 2.73. The Balaban J connectivity index is 2.53. The first-order chi connectivity index (χ1) is 9.45.